The minimum Gasteiger partial charge on any atom is -0.327 e. The Bertz CT molecular complexity index is 206. The molecule has 2 atom stereocenters. The predicted octanol–water partition coefficient (Wildman–Crippen LogP) is 0.545. The monoisotopic (exact) mass is 179 g/mol. The largest absolute Gasteiger partial charge is 0.327 e. The predicted molar refractivity (Wildman–Crippen MR) is 47.2 cm³/mol. The van der Waals surface area contributed by atoms with Gasteiger partial charge in [0.1, 0.15) is 0 Å². The van der Waals surface area contributed by atoms with Crippen molar-refractivity contribution in [1.29, 1.82) is 0 Å². The SMILES string of the molecule is CC(N)C(C)S(=O)(=O)C(C)C. The summed E-state index contributed by atoms with van der Waals surface area (Å²) in [6, 6.07) is -0.289. The number of hydrogen-bond donors (Lipinski definition) is 1. The van der Waals surface area contributed by atoms with Crippen LogP contribution in [0.4, 0.5) is 0 Å². The molecule has 0 heterocycles. The molecule has 0 bridgehead atoms. The molecule has 0 aliphatic carbocycles. The molecule has 0 aliphatic rings. The maximum atomic E-state index is 11.4. The van der Waals surface area contributed by atoms with Gasteiger partial charge in [-0.05, 0) is 27.7 Å². The van der Waals surface area contributed by atoms with Crippen molar-refractivity contribution in [1.82, 2.24) is 0 Å². The molecule has 0 rings (SSSR count). The molecule has 0 aromatic rings. The van der Waals surface area contributed by atoms with Gasteiger partial charge in [0.15, 0.2) is 9.84 Å². The van der Waals surface area contributed by atoms with Crippen molar-refractivity contribution < 1.29 is 8.42 Å². The van der Waals surface area contributed by atoms with Crippen LogP contribution in [0.3, 0.4) is 0 Å². The van der Waals surface area contributed by atoms with Crippen molar-refractivity contribution >= 4 is 9.84 Å². The Balaban J connectivity index is 4.58. The fourth-order valence-electron chi connectivity index (χ4n) is 0.728. The first-order valence-corrected chi connectivity index (χ1v) is 5.39. The molecule has 0 aromatic heterocycles. The van der Waals surface area contributed by atoms with Crippen LogP contribution in [0.5, 0.6) is 0 Å². The summed E-state index contributed by atoms with van der Waals surface area (Å²) >= 11 is 0. The zero-order valence-corrected chi connectivity index (χ0v) is 8.35. The van der Waals surface area contributed by atoms with Crippen LogP contribution in [-0.4, -0.2) is 25.0 Å². The number of nitrogens with two attached hydrogens (primary N) is 1. The van der Waals surface area contributed by atoms with Crippen LogP contribution in [0.1, 0.15) is 27.7 Å². The van der Waals surface area contributed by atoms with Gasteiger partial charge in [-0.15, -0.1) is 0 Å². The minimum absolute atomic E-state index is 0.289. The quantitative estimate of drug-likeness (QED) is 0.688. The van der Waals surface area contributed by atoms with E-state index in [4.69, 9.17) is 5.73 Å². The van der Waals surface area contributed by atoms with E-state index in [9.17, 15) is 8.42 Å². The molecule has 4 heteroatoms. The third-order valence-corrected chi connectivity index (χ3v) is 4.70. The summed E-state index contributed by atoms with van der Waals surface area (Å²) < 4.78 is 22.8. The second kappa shape index (κ2) is 3.54. The van der Waals surface area contributed by atoms with Crippen LogP contribution >= 0.6 is 0 Å². The third kappa shape index (κ3) is 2.45. The molecule has 0 radical (unpaired) electrons. The van der Waals surface area contributed by atoms with Crippen LogP contribution in [0.25, 0.3) is 0 Å². The molecule has 3 nitrogen and oxygen atoms in total. The second-order valence-electron chi connectivity index (χ2n) is 3.20. The van der Waals surface area contributed by atoms with Crippen molar-refractivity contribution in [2.45, 2.75) is 44.2 Å². The summed E-state index contributed by atoms with van der Waals surface area (Å²) in [5, 5.41) is -0.772. The van der Waals surface area contributed by atoms with Gasteiger partial charge in [0.25, 0.3) is 0 Å². The maximum absolute atomic E-state index is 11.4. The van der Waals surface area contributed by atoms with Gasteiger partial charge in [0.2, 0.25) is 0 Å². The molecule has 2 N–H and O–H groups in total. The van der Waals surface area contributed by atoms with Crippen molar-refractivity contribution in [2.24, 2.45) is 5.73 Å². The standard InChI is InChI=1S/C7H17NO2S/c1-5(2)11(9,10)7(4)6(3)8/h5-7H,8H2,1-4H3. The fraction of sp³-hybridized carbons (Fsp3) is 1.00. The van der Waals surface area contributed by atoms with Gasteiger partial charge in [0.05, 0.1) is 10.5 Å². The Morgan fingerprint density at radius 2 is 1.45 bits per heavy atom. The zero-order valence-electron chi connectivity index (χ0n) is 7.53. The average Bonchev–Trinajstić information content (AvgIpc) is 1.85. The average molecular weight is 179 g/mol. The highest BCUT2D eigenvalue weighted by molar-refractivity contribution is 7.92. The second-order valence-corrected chi connectivity index (χ2v) is 6.07. The first kappa shape index (κ1) is 10.9. The molecule has 0 saturated heterocycles. The smallest absolute Gasteiger partial charge is 0.156 e. The third-order valence-electron chi connectivity index (χ3n) is 1.92. The number of sulfone groups is 1. The van der Waals surface area contributed by atoms with E-state index >= 15 is 0 Å². The first-order valence-electron chi connectivity index (χ1n) is 3.78. The summed E-state index contributed by atoms with van der Waals surface area (Å²) in [6.45, 7) is 6.72. The number of hydrogen-bond acceptors (Lipinski definition) is 3. The zero-order chi connectivity index (χ0) is 9.23. The lowest BCUT2D eigenvalue weighted by atomic mass is 10.3. The summed E-state index contributed by atoms with van der Waals surface area (Å²) in [5.74, 6) is 0. The van der Waals surface area contributed by atoms with E-state index < -0.39 is 15.1 Å². The highest BCUT2D eigenvalue weighted by Gasteiger charge is 2.26. The van der Waals surface area contributed by atoms with Crippen LogP contribution in [0, 0.1) is 0 Å². The highest BCUT2D eigenvalue weighted by atomic mass is 32.2. The maximum Gasteiger partial charge on any atom is 0.156 e. The summed E-state index contributed by atoms with van der Waals surface area (Å²) in [5.41, 5.74) is 5.48. The minimum atomic E-state index is -3.00. The van der Waals surface area contributed by atoms with Crippen LogP contribution in [0.2, 0.25) is 0 Å². The first-order chi connectivity index (χ1) is 4.80. The van der Waals surface area contributed by atoms with E-state index in [1.54, 1.807) is 27.7 Å². The lowest BCUT2D eigenvalue weighted by Gasteiger charge is -2.18. The molecule has 68 valence electrons. The van der Waals surface area contributed by atoms with Crippen molar-refractivity contribution in [2.75, 3.05) is 0 Å². The fourth-order valence-corrected chi connectivity index (χ4v) is 2.19. The van der Waals surface area contributed by atoms with Gasteiger partial charge in [-0.3, -0.25) is 0 Å². The Morgan fingerprint density at radius 1 is 1.09 bits per heavy atom. The summed E-state index contributed by atoms with van der Waals surface area (Å²) in [4.78, 5) is 0. The molecule has 0 saturated carbocycles. The molecular weight excluding hydrogens is 162 g/mol. The van der Waals surface area contributed by atoms with Crippen molar-refractivity contribution in [3.05, 3.63) is 0 Å². The lowest BCUT2D eigenvalue weighted by molar-refractivity contribution is 0.559. The van der Waals surface area contributed by atoms with Crippen LogP contribution in [0.15, 0.2) is 0 Å². The van der Waals surface area contributed by atoms with E-state index in [2.05, 4.69) is 0 Å². The van der Waals surface area contributed by atoms with Crippen LogP contribution in [-0.2, 0) is 9.84 Å². The molecule has 0 amide bonds. The van der Waals surface area contributed by atoms with E-state index in [0.29, 0.717) is 0 Å². The van der Waals surface area contributed by atoms with Gasteiger partial charge in [0, 0.05) is 6.04 Å². The number of rotatable bonds is 3. The Labute approximate surface area is 68.9 Å². The summed E-state index contributed by atoms with van der Waals surface area (Å²) in [6.07, 6.45) is 0. The Morgan fingerprint density at radius 3 is 1.55 bits per heavy atom. The van der Waals surface area contributed by atoms with Gasteiger partial charge in [-0.25, -0.2) is 8.42 Å². The molecular formula is C7H17NO2S. The molecule has 2 unspecified atom stereocenters. The highest BCUT2D eigenvalue weighted by Crippen LogP contribution is 2.10. The van der Waals surface area contributed by atoms with Gasteiger partial charge >= 0.3 is 0 Å². The normalized spacial score (nSPS) is 18.4. The molecule has 0 aliphatic heterocycles. The van der Waals surface area contributed by atoms with Gasteiger partial charge < -0.3 is 5.73 Å². The molecule has 0 aromatic carbocycles. The van der Waals surface area contributed by atoms with Gasteiger partial charge in [-0.2, -0.15) is 0 Å². The Hall–Kier alpha value is -0.0900. The van der Waals surface area contributed by atoms with Crippen molar-refractivity contribution in [3.63, 3.8) is 0 Å². The van der Waals surface area contributed by atoms with E-state index in [0.717, 1.165) is 0 Å². The van der Waals surface area contributed by atoms with E-state index in [1.807, 2.05) is 0 Å². The topological polar surface area (TPSA) is 60.2 Å². The van der Waals surface area contributed by atoms with Crippen LogP contribution < -0.4 is 5.73 Å². The van der Waals surface area contributed by atoms with Gasteiger partial charge in [-0.1, -0.05) is 0 Å². The Kier molecular flexibility index (Phi) is 3.51. The van der Waals surface area contributed by atoms with E-state index in [-0.39, 0.29) is 11.3 Å². The van der Waals surface area contributed by atoms with Crippen molar-refractivity contribution in [3.8, 4) is 0 Å². The summed E-state index contributed by atoms with van der Waals surface area (Å²) in [7, 11) is -3.00. The van der Waals surface area contributed by atoms with E-state index in [1.165, 1.54) is 0 Å². The molecule has 11 heavy (non-hydrogen) atoms. The molecule has 0 spiro atoms. The lowest BCUT2D eigenvalue weighted by Crippen LogP contribution is -2.39. The molecule has 0 fully saturated rings.